The second-order valence-electron chi connectivity index (χ2n) is 6.45. The zero-order chi connectivity index (χ0) is 16.2. The fourth-order valence-corrected chi connectivity index (χ4v) is 3.77. The van der Waals surface area contributed by atoms with Gasteiger partial charge in [-0.25, -0.2) is 8.93 Å². The molecule has 3 rings (SSSR count). The van der Waals surface area contributed by atoms with Crippen molar-refractivity contribution >= 4 is 22.2 Å². The lowest BCUT2D eigenvalue weighted by Crippen LogP contribution is -2.29. The van der Waals surface area contributed by atoms with Gasteiger partial charge in [-0.3, -0.25) is 4.55 Å². The van der Waals surface area contributed by atoms with Crippen molar-refractivity contribution in [2.24, 2.45) is 0 Å². The van der Waals surface area contributed by atoms with Crippen LogP contribution in [0.5, 0.6) is 0 Å². The molecule has 0 saturated carbocycles. The SMILES string of the molecule is CN1CCC(c2c[nH]c3ccc(CCCNS(=O)O)cc23)CC1. The largest absolute Gasteiger partial charge is 0.361 e. The molecule has 0 bridgehead atoms. The fraction of sp³-hybridized carbons (Fsp3) is 0.529. The minimum absolute atomic E-state index is 0.552. The van der Waals surface area contributed by atoms with Gasteiger partial charge >= 0.3 is 0 Å². The maximum atomic E-state index is 10.6. The molecule has 0 radical (unpaired) electrons. The van der Waals surface area contributed by atoms with Crippen LogP contribution in [0.15, 0.2) is 24.4 Å². The van der Waals surface area contributed by atoms with Gasteiger partial charge in [0.15, 0.2) is 0 Å². The number of hydrogen-bond donors (Lipinski definition) is 3. The van der Waals surface area contributed by atoms with Crippen molar-refractivity contribution in [3.63, 3.8) is 0 Å². The standard InChI is InChI=1S/C17H25N3O2S/c1-20-9-6-14(7-10-20)16-12-18-17-5-4-13(11-15(16)17)3-2-8-19-23(21)22/h4-5,11-12,14,18-19H,2-3,6-10H2,1H3,(H,21,22). The first-order valence-electron chi connectivity index (χ1n) is 8.26. The second-order valence-corrected chi connectivity index (χ2v) is 7.24. The van der Waals surface area contributed by atoms with Crippen molar-refractivity contribution in [3.8, 4) is 0 Å². The average molecular weight is 335 g/mol. The molecule has 5 nitrogen and oxygen atoms in total. The maximum Gasteiger partial charge on any atom is 0.231 e. The molecule has 23 heavy (non-hydrogen) atoms. The lowest BCUT2D eigenvalue weighted by atomic mass is 9.89. The molecule has 1 fully saturated rings. The molecule has 1 unspecified atom stereocenters. The Morgan fingerprint density at radius 3 is 2.91 bits per heavy atom. The normalized spacial score (nSPS) is 18.5. The van der Waals surface area contributed by atoms with Gasteiger partial charge in [0, 0.05) is 23.6 Å². The zero-order valence-electron chi connectivity index (χ0n) is 13.5. The number of piperidine rings is 1. The molecule has 0 amide bonds. The number of hydrogen-bond acceptors (Lipinski definition) is 2. The lowest BCUT2D eigenvalue weighted by Gasteiger charge is -2.28. The van der Waals surface area contributed by atoms with Gasteiger partial charge in [0.05, 0.1) is 0 Å². The van der Waals surface area contributed by atoms with E-state index in [-0.39, 0.29) is 0 Å². The van der Waals surface area contributed by atoms with Crippen molar-refractivity contribution in [2.45, 2.75) is 31.6 Å². The van der Waals surface area contributed by atoms with Crippen LogP contribution in [0.4, 0.5) is 0 Å². The van der Waals surface area contributed by atoms with Crippen molar-refractivity contribution in [1.29, 1.82) is 0 Å². The topological polar surface area (TPSA) is 68.4 Å². The Bertz CT molecular complexity index is 678. The van der Waals surface area contributed by atoms with E-state index >= 15 is 0 Å². The Kier molecular flexibility index (Phi) is 5.48. The van der Waals surface area contributed by atoms with Crippen molar-refractivity contribution in [3.05, 3.63) is 35.5 Å². The van der Waals surface area contributed by atoms with E-state index in [0.717, 1.165) is 12.8 Å². The summed E-state index contributed by atoms with van der Waals surface area (Å²) in [5.41, 5.74) is 3.94. The van der Waals surface area contributed by atoms with Crippen LogP contribution in [-0.2, 0) is 17.7 Å². The summed E-state index contributed by atoms with van der Waals surface area (Å²) in [4.78, 5) is 5.80. The van der Waals surface area contributed by atoms with Crippen LogP contribution in [0.25, 0.3) is 10.9 Å². The minimum atomic E-state index is -1.91. The summed E-state index contributed by atoms with van der Waals surface area (Å²) < 4.78 is 21.8. The predicted octanol–water partition coefficient (Wildman–Crippen LogP) is 2.64. The summed E-state index contributed by atoms with van der Waals surface area (Å²) in [6.07, 6.45) is 6.39. The summed E-state index contributed by atoms with van der Waals surface area (Å²) >= 11 is -1.91. The highest BCUT2D eigenvalue weighted by atomic mass is 32.2. The molecule has 2 heterocycles. The number of benzene rings is 1. The summed E-state index contributed by atoms with van der Waals surface area (Å²) in [5.74, 6) is 0.647. The zero-order valence-corrected chi connectivity index (χ0v) is 14.4. The van der Waals surface area contributed by atoms with E-state index in [4.69, 9.17) is 4.55 Å². The van der Waals surface area contributed by atoms with Gasteiger partial charge < -0.3 is 9.88 Å². The third-order valence-corrected chi connectivity index (χ3v) is 5.26. The second kappa shape index (κ2) is 7.57. The molecular formula is C17H25N3O2S. The van der Waals surface area contributed by atoms with Crippen LogP contribution >= 0.6 is 0 Å². The lowest BCUT2D eigenvalue weighted by molar-refractivity contribution is 0.256. The van der Waals surface area contributed by atoms with Crippen LogP contribution in [0, 0.1) is 0 Å². The fourth-order valence-electron chi connectivity index (χ4n) is 3.45. The molecular weight excluding hydrogens is 310 g/mol. The molecule has 1 aliphatic rings. The molecule has 1 saturated heterocycles. The maximum absolute atomic E-state index is 10.6. The molecule has 6 heteroatoms. The highest BCUT2D eigenvalue weighted by Crippen LogP contribution is 2.33. The Balaban J connectivity index is 1.70. The Labute approximate surface area is 139 Å². The minimum Gasteiger partial charge on any atom is -0.361 e. The van der Waals surface area contributed by atoms with Crippen LogP contribution < -0.4 is 4.72 Å². The average Bonchev–Trinajstić information content (AvgIpc) is 2.95. The molecule has 0 spiro atoms. The van der Waals surface area contributed by atoms with Gasteiger partial charge in [-0.2, -0.15) is 0 Å². The van der Waals surface area contributed by atoms with Gasteiger partial charge in [-0.15, -0.1) is 0 Å². The van der Waals surface area contributed by atoms with E-state index in [0.29, 0.717) is 12.5 Å². The summed E-state index contributed by atoms with van der Waals surface area (Å²) in [5, 5.41) is 1.34. The van der Waals surface area contributed by atoms with Crippen molar-refractivity contribution in [2.75, 3.05) is 26.7 Å². The summed E-state index contributed by atoms with van der Waals surface area (Å²) in [7, 11) is 2.19. The molecule has 1 aromatic heterocycles. The summed E-state index contributed by atoms with van der Waals surface area (Å²) in [6.45, 7) is 2.89. The highest BCUT2D eigenvalue weighted by Gasteiger charge is 2.21. The number of nitrogens with zero attached hydrogens (tertiary/aromatic N) is 1. The van der Waals surface area contributed by atoms with E-state index < -0.39 is 11.3 Å². The van der Waals surface area contributed by atoms with Gasteiger partial charge in [0.2, 0.25) is 11.3 Å². The first-order chi connectivity index (χ1) is 11.1. The quantitative estimate of drug-likeness (QED) is 0.561. The van der Waals surface area contributed by atoms with E-state index in [1.165, 1.54) is 48.0 Å². The van der Waals surface area contributed by atoms with Crippen molar-refractivity contribution in [1.82, 2.24) is 14.6 Å². The monoisotopic (exact) mass is 335 g/mol. The van der Waals surface area contributed by atoms with E-state index in [2.05, 4.69) is 46.0 Å². The number of fused-ring (bicyclic) bond motifs is 1. The highest BCUT2D eigenvalue weighted by molar-refractivity contribution is 7.77. The molecule has 1 atom stereocenters. The third kappa shape index (κ3) is 4.20. The Morgan fingerprint density at radius 2 is 2.17 bits per heavy atom. The summed E-state index contributed by atoms with van der Waals surface area (Å²) in [6, 6.07) is 6.59. The van der Waals surface area contributed by atoms with Gasteiger partial charge in [-0.1, -0.05) is 6.07 Å². The number of aryl methyl sites for hydroxylation is 1. The molecule has 1 aromatic carbocycles. The van der Waals surface area contributed by atoms with Crippen LogP contribution in [-0.4, -0.2) is 45.3 Å². The predicted molar refractivity (Wildman–Crippen MR) is 94.9 cm³/mol. The van der Waals surface area contributed by atoms with Gasteiger partial charge in [0.25, 0.3) is 0 Å². The smallest absolute Gasteiger partial charge is 0.231 e. The van der Waals surface area contributed by atoms with Crippen LogP contribution in [0.1, 0.15) is 36.3 Å². The van der Waals surface area contributed by atoms with Crippen LogP contribution in [0.2, 0.25) is 0 Å². The first-order valence-corrected chi connectivity index (χ1v) is 9.37. The number of H-pyrrole nitrogens is 1. The molecule has 2 aromatic rings. The van der Waals surface area contributed by atoms with E-state index in [1.807, 2.05) is 0 Å². The van der Waals surface area contributed by atoms with E-state index in [9.17, 15) is 4.21 Å². The number of nitrogens with one attached hydrogen (secondary N) is 2. The molecule has 3 N–H and O–H groups in total. The molecule has 1 aliphatic heterocycles. The number of rotatable bonds is 6. The molecule has 126 valence electrons. The first kappa shape index (κ1) is 16.6. The van der Waals surface area contributed by atoms with Crippen molar-refractivity contribution < 1.29 is 8.76 Å². The number of aromatic nitrogens is 1. The van der Waals surface area contributed by atoms with Crippen LogP contribution in [0.3, 0.4) is 0 Å². The Morgan fingerprint density at radius 1 is 1.39 bits per heavy atom. The number of likely N-dealkylation sites (tertiary alicyclic amines) is 1. The van der Waals surface area contributed by atoms with Gasteiger partial charge in [0.1, 0.15) is 0 Å². The van der Waals surface area contributed by atoms with E-state index in [1.54, 1.807) is 0 Å². The Hall–Kier alpha value is -1.21. The molecule has 0 aliphatic carbocycles. The number of aromatic amines is 1. The van der Waals surface area contributed by atoms with Gasteiger partial charge in [-0.05, 0) is 75.0 Å². The third-order valence-electron chi connectivity index (χ3n) is 4.80.